The number of fused-ring (bicyclic) bond motifs is 1. The molecule has 0 spiro atoms. The SMILES string of the molecule is Cc1cc(CBr)ccc1Oc1ccc2cc(Br)ccc2c1. The summed E-state index contributed by atoms with van der Waals surface area (Å²) in [6.07, 6.45) is 0. The first-order valence-corrected chi connectivity index (χ1v) is 8.60. The smallest absolute Gasteiger partial charge is 0.130 e. The molecule has 21 heavy (non-hydrogen) atoms. The topological polar surface area (TPSA) is 9.23 Å². The summed E-state index contributed by atoms with van der Waals surface area (Å²) in [4.78, 5) is 0. The molecule has 0 aliphatic rings. The van der Waals surface area contributed by atoms with E-state index in [1.807, 2.05) is 18.2 Å². The maximum atomic E-state index is 6.02. The van der Waals surface area contributed by atoms with Crippen LogP contribution in [0.1, 0.15) is 11.1 Å². The van der Waals surface area contributed by atoms with Crippen LogP contribution in [0.15, 0.2) is 59.1 Å². The lowest BCUT2D eigenvalue weighted by Crippen LogP contribution is -1.89. The summed E-state index contributed by atoms with van der Waals surface area (Å²) in [7, 11) is 0. The van der Waals surface area contributed by atoms with Crippen LogP contribution in [0.25, 0.3) is 10.8 Å². The van der Waals surface area contributed by atoms with Crippen molar-refractivity contribution in [1.82, 2.24) is 0 Å². The molecule has 0 radical (unpaired) electrons. The van der Waals surface area contributed by atoms with Crippen LogP contribution in [0.5, 0.6) is 11.5 Å². The van der Waals surface area contributed by atoms with E-state index in [9.17, 15) is 0 Å². The van der Waals surface area contributed by atoms with Crippen molar-refractivity contribution in [2.75, 3.05) is 0 Å². The fourth-order valence-corrected chi connectivity index (χ4v) is 3.02. The van der Waals surface area contributed by atoms with Crippen LogP contribution in [-0.2, 0) is 5.33 Å². The highest BCUT2D eigenvalue weighted by atomic mass is 79.9. The standard InChI is InChI=1S/C18H14Br2O/c1-12-8-13(11-19)2-7-18(12)21-17-6-4-14-9-16(20)5-3-15(14)10-17/h2-10H,11H2,1H3. The molecule has 0 unspecified atom stereocenters. The molecule has 3 rings (SSSR count). The van der Waals surface area contributed by atoms with Crippen molar-refractivity contribution < 1.29 is 4.74 Å². The van der Waals surface area contributed by atoms with Gasteiger partial charge in [-0.1, -0.05) is 56.1 Å². The second-order valence-electron chi connectivity index (χ2n) is 4.99. The number of aryl methyl sites for hydroxylation is 1. The third-order valence-corrected chi connectivity index (χ3v) is 4.54. The summed E-state index contributed by atoms with van der Waals surface area (Å²) in [6.45, 7) is 2.07. The molecule has 0 N–H and O–H groups in total. The van der Waals surface area contributed by atoms with Crippen molar-refractivity contribution in [3.8, 4) is 11.5 Å². The van der Waals surface area contributed by atoms with Gasteiger partial charge in [-0.2, -0.15) is 0 Å². The first kappa shape index (κ1) is 14.6. The molecule has 0 heterocycles. The molecule has 0 bridgehead atoms. The van der Waals surface area contributed by atoms with Crippen LogP contribution in [-0.4, -0.2) is 0 Å². The quantitative estimate of drug-likeness (QED) is 0.446. The van der Waals surface area contributed by atoms with E-state index >= 15 is 0 Å². The number of rotatable bonds is 3. The Morgan fingerprint density at radius 1 is 0.905 bits per heavy atom. The third kappa shape index (κ3) is 3.30. The Morgan fingerprint density at radius 2 is 1.67 bits per heavy atom. The molecule has 0 aliphatic heterocycles. The average Bonchev–Trinajstić information content (AvgIpc) is 2.49. The van der Waals surface area contributed by atoms with E-state index in [4.69, 9.17) is 4.74 Å². The van der Waals surface area contributed by atoms with E-state index in [0.29, 0.717) is 0 Å². The van der Waals surface area contributed by atoms with Crippen molar-refractivity contribution >= 4 is 42.6 Å². The monoisotopic (exact) mass is 404 g/mol. The molecule has 0 aromatic heterocycles. The third-order valence-electron chi connectivity index (χ3n) is 3.40. The zero-order chi connectivity index (χ0) is 14.8. The van der Waals surface area contributed by atoms with Gasteiger partial charge in [-0.3, -0.25) is 0 Å². The molecule has 106 valence electrons. The van der Waals surface area contributed by atoms with E-state index in [-0.39, 0.29) is 0 Å². The van der Waals surface area contributed by atoms with E-state index < -0.39 is 0 Å². The van der Waals surface area contributed by atoms with Gasteiger partial charge in [-0.15, -0.1) is 0 Å². The Bertz CT molecular complexity index is 796. The Hall–Kier alpha value is -1.32. The number of alkyl halides is 1. The van der Waals surface area contributed by atoms with Crippen LogP contribution in [0.4, 0.5) is 0 Å². The van der Waals surface area contributed by atoms with Crippen molar-refractivity contribution in [3.05, 3.63) is 70.2 Å². The molecular weight excluding hydrogens is 392 g/mol. The first-order chi connectivity index (χ1) is 10.2. The Balaban J connectivity index is 1.92. The molecule has 3 aromatic rings. The van der Waals surface area contributed by atoms with Gasteiger partial charge in [0.05, 0.1) is 0 Å². The van der Waals surface area contributed by atoms with Crippen LogP contribution in [0, 0.1) is 6.92 Å². The van der Waals surface area contributed by atoms with Gasteiger partial charge in [-0.05, 0) is 59.2 Å². The Labute approximate surface area is 141 Å². The molecule has 0 fully saturated rings. The second kappa shape index (κ2) is 6.20. The van der Waals surface area contributed by atoms with Crippen molar-refractivity contribution in [2.24, 2.45) is 0 Å². The molecule has 0 amide bonds. The fraction of sp³-hybridized carbons (Fsp3) is 0.111. The number of hydrogen-bond acceptors (Lipinski definition) is 1. The minimum absolute atomic E-state index is 0.860. The fourth-order valence-electron chi connectivity index (χ4n) is 2.29. The number of halogens is 2. The normalized spacial score (nSPS) is 10.8. The van der Waals surface area contributed by atoms with Crippen LogP contribution < -0.4 is 4.74 Å². The van der Waals surface area contributed by atoms with Crippen LogP contribution >= 0.6 is 31.9 Å². The first-order valence-electron chi connectivity index (χ1n) is 6.68. The summed E-state index contributed by atoms with van der Waals surface area (Å²) in [5.74, 6) is 1.76. The predicted molar refractivity (Wildman–Crippen MR) is 95.5 cm³/mol. The largest absolute Gasteiger partial charge is 0.457 e. The van der Waals surface area contributed by atoms with E-state index in [2.05, 4.69) is 75.2 Å². The molecule has 0 atom stereocenters. The lowest BCUT2D eigenvalue weighted by atomic mass is 10.1. The van der Waals surface area contributed by atoms with Crippen LogP contribution in [0.3, 0.4) is 0 Å². The van der Waals surface area contributed by atoms with Gasteiger partial charge in [-0.25, -0.2) is 0 Å². The van der Waals surface area contributed by atoms with E-state index in [1.54, 1.807) is 0 Å². The average molecular weight is 406 g/mol. The minimum Gasteiger partial charge on any atom is -0.457 e. The van der Waals surface area contributed by atoms with Gasteiger partial charge in [0, 0.05) is 9.80 Å². The van der Waals surface area contributed by atoms with Crippen molar-refractivity contribution in [2.45, 2.75) is 12.3 Å². The lowest BCUT2D eigenvalue weighted by Gasteiger charge is -2.10. The van der Waals surface area contributed by atoms with Gasteiger partial charge in [0.2, 0.25) is 0 Å². The van der Waals surface area contributed by atoms with E-state index in [0.717, 1.165) is 26.9 Å². The summed E-state index contributed by atoms with van der Waals surface area (Å²) in [5, 5.41) is 3.23. The zero-order valence-electron chi connectivity index (χ0n) is 11.6. The molecule has 0 saturated carbocycles. The maximum Gasteiger partial charge on any atom is 0.130 e. The minimum atomic E-state index is 0.860. The van der Waals surface area contributed by atoms with Gasteiger partial charge in [0.25, 0.3) is 0 Å². The summed E-state index contributed by atoms with van der Waals surface area (Å²) < 4.78 is 7.11. The number of benzene rings is 3. The van der Waals surface area contributed by atoms with Gasteiger partial charge >= 0.3 is 0 Å². The highest BCUT2D eigenvalue weighted by molar-refractivity contribution is 9.10. The molecule has 0 saturated heterocycles. The highest BCUT2D eigenvalue weighted by Crippen LogP contribution is 2.29. The molecule has 3 aromatic carbocycles. The molecule has 0 aliphatic carbocycles. The van der Waals surface area contributed by atoms with Gasteiger partial charge < -0.3 is 4.74 Å². The van der Waals surface area contributed by atoms with Crippen molar-refractivity contribution in [3.63, 3.8) is 0 Å². The Kier molecular flexibility index (Phi) is 4.32. The van der Waals surface area contributed by atoms with Gasteiger partial charge in [0.1, 0.15) is 11.5 Å². The summed E-state index contributed by atoms with van der Waals surface area (Å²) in [6, 6.07) is 18.6. The zero-order valence-corrected chi connectivity index (χ0v) is 14.7. The predicted octanol–water partition coefficient (Wildman–Crippen LogP) is 6.60. The maximum absolute atomic E-state index is 6.02. The van der Waals surface area contributed by atoms with Crippen LogP contribution in [0.2, 0.25) is 0 Å². The number of ether oxygens (including phenoxy) is 1. The van der Waals surface area contributed by atoms with E-state index in [1.165, 1.54) is 16.3 Å². The Morgan fingerprint density at radius 3 is 2.43 bits per heavy atom. The summed E-state index contributed by atoms with van der Waals surface area (Å²) >= 11 is 6.96. The van der Waals surface area contributed by atoms with Crippen molar-refractivity contribution in [1.29, 1.82) is 0 Å². The van der Waals surface area contributed by atoms with Gasteiger partial charge in [0.15, 0.2) is 0 Å². The summed E-state index contributed by atoms with van der Waals surface area (Å²) in [5.41, 5.74) is 2.39. The molecule has 3 heteroatoms. The highest BCUT2D eigenvalue weighted by Gasteiger charge is 2.04. The second-order valence-corrected chi connectivity index (χ2v) is 6.47. The lowest BCUT2D eigenvalue weighted by molar-refractivity contribution is 0.479. The molecule has 1 nitrogen and oxygen atoms in total. The number of hydrogen-bond donors (Lipinski definition) is 0. The molecular formula is C18H14Br2O.